The highest BCUT2D eigenvalue weighted by Gasteiger charge is 2.28. The number of allylic oxidation sites excluding steroid dienone is 2. The standard InChI is InChI=1S/C37H39FN4O2S/c1-23-31(19-24-9-16-28(17-10-24)45(4)44)29-18-11-25(38)20-33(29)32(23)21-37(43)40-27-14-12-26(13-15-27)39-36-22-35(42(2)3)30-7-5-6-8-34(30)41-36/h5-11,16-20,22,26-27H,12-15,21H2,1-4H3,(H,39,41)(H,40,43)/t26-,27+,45?. The third-order valence-electron chi connectivity index (χ3n) is 8.93. The molecule has 0 spiro atoms. The molecule has 1 saturated carbocycles. The molecular formula is C37H39FN4O2S. The van der Waals surface area contributed by atoms with Crippen LogP contribution in [0.5, 0.6) is 0 Å². The zero-order valence-corrected chi connectivity index (χ0v) is 27.0. The van der Waals surface area contributed by atoms with E-state index in [1.54, 1.807) is 12.3 Å². The smallest absolute Gasteiger partial charge is 0.224 e. The molecule has 2 N–H and O–H groups in total. The summed E-state index contributed by atoms with van der Waals surface area (Å²) in [6.07, 6.45) is 7.54. The lowest BCUT2D eigenvalue weighted by atomic mass is 9.90. The van der Waals surface area contributed by atoms with Crippen molar-refractivity contribution in [2.75, 3.05) is 30.6 Å². The second-order valence-electron chi connectivity index (χ2n) is 12.3. The molecular weight excluding hydrogens is 583 g/mol. The number of rotatable bonds is 8. The number of halogens is 1. The number of anilines is 2. The molecule has 45 heavy (non-hydrogen) atoms. The average molecular weight is 623 g/mol. The monoisotopic (exact) mass is 622 g/mol. The van der Waals surface area contributed by atoms with Gasteiger partial charge in [-0.1, -0.05) is 24.3 Å². The average Bonchev–Trinajstić information content (AvgIpc) is 3.26. The molecule has 1 aromatic heterocycles. The molecule has 2 aliphatic carbocycles. The van der Waals surface area contributed by atoms with Crippen LogP contribution in [0.25, 0.3) is 28.1 Å². The van der Waals surface area contributed by atoms with Crippen LogP contribution in [0.4, 0.5) is 15.9 Å². The van der Waals surface area contributed by atoms with Gasteiger partial charge < -0.3 is 20.1 Å². The van der Waals surface area contributed by atoms with Crippen molar-refractivity contribution in [3.05, 3.63) is 101 Å². The highest BCUT2D eigenvalue weighted by Crippen LogP contribution is 2.44. The van der Waals surface area contributed by atoms with Crippen molar-refractivity contribution in [2.24, 2.45) is 0 Å². The Morgan fingerprint density at radius 2 is 1.71 bits per heavy atom. The zero-order chi connectivity index (χ0) is 31.7. The lowest BCUT2D eigenvalue weighted by Gasteiger charge is -2.30. The summed E-state index contributed by atoms with van der Waals surface area (Å²) >= 11 is -1.05. The van der Waals surface area contributed by atoms with E-state index in [0.29, 0.717) is 0 Å². The number of nitrogens with zero attached hydrogens (tertiary/aromatic N) is 2. The molecule has 232 valence electrons. The molecule has 1 fully saturated rings. The maximum absolute atomic E-state index is 14.4. The number of carbonyl (C=O) groups is 1. The highest BCUT2D eigenvalue weighted by molar-refractivity contribution is 7.90. The van der Waals surface area contributed by atoms with Crippen molar-refractivity contribution in [3.8, 4) is 0 Å². The van der Waals surface area contributed by atoms with E-state index in [1.165, 1.54) is 12.1 Å². The molecule has 6 nitrogen and oxygen atoms in total. The minimum Gasteiger partial charge on any atom is -0.612 e. The van der Waals surface area contributed by atoms with E-state index >= 15 is 0 Å². The summed E-state index contributed by atoms with van der Waals surface area (Å²) in [5, 5.41) is 8.03. The molecule has 0 bridgehead atoms. The number of para-hydroxylation sites is 1. The van der Waals surface area contributed by atoms with Gasteiger partial charge in [0.05, 0.1) is 11.9 Å². The van der Waals surface area contributed by atoms with Gasteiger partial charge in [-0.05, 0) is 126 Å². The molecule has 1 amide bonds. The van der Waals surface area contributed by atoms with Crippen LogP contribution in [-0.4, -0.2) is 47.9 Å². The van der Waals surface area contributed by atoms with Gasteiger partial charge in [-0.15, -0.1) is 0 Å². The van der Waals surface area contributed by atoms with Gasteiger partial charge in [0.15, 0.2) is 4.90 Å². The highest BCUT2D eigenvalue weighted by atomic mass is 32.2. The van der Waals surface area contributed by atoms with E-state index in [9.17, 15) is 13.7 Å². The lowest BCUT2D eigenvalue weighted by molar-refractivity contribution is -0.121. The normalized spacial score (nSPS) is 19.5. The first kappa shape index (κ1) is 30.9. The summed E-state index contributed by atoms with van der Waals surface area (Å²) < 4.78 is 26.2. The molecule has 2 aliphatic rings. The van der Waals surface area contributed by atoms with E-state index in [2.05, 4.69) is 33.7 Å². The first-order chi connectivity index (χ1) is 21.7. The van der Waals surface area contributed by atoms with E-state index < -0.39 is 11.2 Å². The van der Waals surface area contributed by atoms with Crippen LogP contribution in [0, 0.1) is 5.82 Å². The third kappa shape index (κ3) is 6.77. The Morgan fingerprint density at radius 1 is 1.00 bits per heavy atom. The number of carbonyl (C=O) groups excluding carboxylic acids is 1. The Bertz CT molecular complexity index is 1790. The predicted octanol–water partition coefficient (Wildman–Crippen LogP) is 7.43. The summed E-state index contributed by atoms with van der Waals surface area (Å²) in [7, 11) is 4.09. The van der Waals surface area contributed by atoms with Crippen LogP contribution in [0.2, 0.25) is 0 Å². The maximum atomic E-state index is 14.4. The van der Waals surface area contributed by atoms with Gasteiger partial charge in [0.2, 0.25) is 5.91 Å². The molecule has 0 aliphatic heterocycles. The summed E-state index contributed by atoms with van der Waals surface area (Å²) in [6, 6.07) is 23.1. The number of hydrogen-bond donors (Lipinski definition) is 2. The van der Waals surface area contributed by atoms with Crippen molar-refractivity contribution in [2.45, 2.75) is 56.0 Å². The van der Waals surface area contributed by atoms with Crippen molar-refractivity contribution in [1.82, 2.24) is 10.3 Å². The van der Waals surface area contributed by atoms with Crippen LogP contribution in [-0.2, 0) is 16.0 Å². The van der Waals surface area contributed by atoms with Crippen LogP contribution in [0.15, 0.2) is 83.3 Å². The summed E-state index contributed by atoms with van der Waals surface area (Å²) in [6.45, 7) is 2.00. The largest absolute Gasteiger partial charge is 0.612 e. The second-order valence-corrected chi connectivity index (χ2v) is 13.6. The summed E-state index contributed by atoms with van der Waals surface area (Å²) in [4.78, 5) is 21.1. The molecule has 1 heterocycles. The molecule has 4 aromatic rings. The number of pyridine rings is 1. The molecule has 8 heteroatoms. The van der Waals surface area contributed by atoms with Crippen molar-refractivity contribution >= 4 is 56.7 Å². The molecule has 1 unspecified atom stereocenters. The quantitative estimate of drug-likeness (QED) is 0.200. The lowest BCUT2D eigenvalue weighted by Crippen LogP contribution is -2.40. The predicted molar refractivity (Wildman–Crippen MR) is 184 cm³/mol. The molecule has 0 radical (unpaired) electrons. The van der Waals surface area contributed by atoms with Crippen LogP contribution in [0.1, 0.15) is 55.7 Å². The van der Waals surface area contributed by atoms with Gasteiger partial charge in [0.25, 0.3) is 0 Å². The Hall–Kier alpha value is -4.14. The maximum Gasteiger partial charge on any atom is 0.224 e. The number of fused-ring (bicyclic) bond motifs is 2. The van der Waals surface area contributed by atoms with Gasteiger partial charge in [-0.25, -0.2) is 9.37 Å². The zero-order valence-electron chi connectivity index (χ0n) is 26.2. The number of hydrogen-bond acceptors (Lipinski definition) is 5. The van der Waals surface area contributed by atoms with Crippen LogP contribution in [0.3, 0.4) is 0 Å². The fraction of sp³-hybridized carbons (Fsp3) is 0.297. The van der Waals surface area contributed by atoms with Crippen molar-refractivity contribution < 1.29 is 13.7 Å². The number of benzene rings is 3. The topological polar surface area (TPSA) is 80.3 Å². The van der Waals surface area contributed by atoms with Gasteiger partial charge >= 0.3 is 0 Å². The van der Waals surface area contributed by atoms with E-state index in [0.717, 1.165) is 86.4 Å². The van der Waals surface area contributed by atoms with Crippen LogP contribution >= 0.6 is 0 Å². The van der Waals surface area contributed by atoms with Crippen LogP contribution < -0.4 is 15.5 Å². The van der Waals surface area contributed by atoms with Gasteiger partial charge in [0, 0.05) is 43.3 Å². The van der Waals surface area contributed by atoms with E-state index in [4.69, 9.17) is 4.98 Å². The first-order valence-electron chi connectivity index (χ1n) is 15.4. The van der Waals surface area contributed by atoms with Gasteiger partial charge in [0.1, 0.15) is 17.9 Å². The van der Waals surface area contributed by atoms with Gasteiger partial charge in [-0.2, -0.15) is 0 Å². The summed E-state index contributed by atoms with van der Waals surface area (Å²) in [5.41, 5.74) is 7.56. The number of nitrogens with one attached hydrogen (secondary N) is 2. The summed E-state index contributed by atoms with van der Waals surface area (Å²) in [5.74, 6) is 0.512. The van der Waals surface area contributed by atoms with Crippen molar-refractivity contribution in [1.29, 1.82) is 0 Å². The van der Waals surface area contributed by atoms with Gasteiger partial charge in [-0.3, -0.25) is 4.79 Å². The fourth-order valence-electron chi connectivity index (χ4n) is 6.54. The molecule has 0 saturated heterocycles. The SMILES string of the molecule is CC1=C(CC(=O)N[C@H]2CC[C@@H](Nc3cc(N(C)C)c4ccccc4n3)CC2)c2cc(F)ccc2C1=Cc1ccc([S+](C)[O-])cc1. The first-order valence-corrected chi connectivity index (χ1v) is 17.0. The fourth-order valence-corrected chi connectivity index (χ4v) is 7.05. The third-order valence-corrected chi connectivity index (χ3v) is 9.87. The molecule has 6 rings (SSSR count). The number of amides is 1. The number of aromatic nitrogens is 1. The van der Waals surface area contributed by atoms with E-state index in [-0.39, 0.29) is 30.2 Å². The minimum absolute atomic E-state index is 0.0428. The van der Waals surface area contributed by atoms with E-state index in [1.807, 2.05) is 63.5 Å². The Balaban J connectivity index is 1.11. The van der Waals surface area contributed by atoms with Crippen molar-refractivity contribution in [3.63, 3.8) is 0 Å². The molecule has 3 aromatic carbocycles. The Morgan fingerprint density at radius 3 is 2.42 bits per heavy atom. The Labute approximate surface area is 267 Å². The Kier molecular flexibility index (Phi) is 8.97. The minimum atomic E-state index is -1.05. The second kappa shape index (κ2) is 13.1. The molecule has 1 atom stereocenters.